The van der Waals surface area contributed by atoms with Gasteiger partial charge in [0, 0.05) is 61.5 Å². The van der Waals surface area contributed by atoms with E-state index in [-0.39, 0.29) is 22.3 Å². The Morgan fingerprint density at radius 2 is 1.92 bits per heavy atom. The molecule has 1 aliphatic rings. The Labute approximate surface area is 157 Å². The minimum absolute atomic E-state index is 0.0783. The normalized spacial score (nSPS) is 16.1. The summed E-state index contributed by atoms with van der Waals surface area (Å²) in [4.78, 5) is 36.5. The van der Waals surface area contributed by atoms with Gasteiger partial charge in [0.25, 0.3) is 5.91 Å². The summed E-state index contributed by atoms with van der Waals surface area (Å²) in [5, 5.41) is 3.28. The number of nitrogens with one attached hydrogen (secondary N) is 1. The molecule has 0 radical (unpaired) electrons. The number of hydrogen-bond donors (Lipinski definition) is 1. The molecule has 1 N–H and O–H groups in total. The van der Waals surface area contributed by atoms with Crippen molar-refractivity contribution >= 4 is 17.2 Å². The average molecular weight is 375 g/mol. The molecule has 2 aromatic heterocycles. The molecule has 1 aliphatic heterocycles. The minimum atomic E-state index is -0.187. The van der Waals surface area contributed by atoms with E-state index in [4.69, 9.17) is 4.98 Å². The van der Waals surface area contributed by atoms with E-state index in [2.05, 4.69) is 36.0 Å². The van der Waals surface area contributed by atoms with Gasteiger partial charge in [0.1, 0.15) is 5.56 Å². The number of rotatable bonds is 3. The lowest BCUT2D eigenvalue weighted by atomic mass is 9.98. The van der Waals surface area contributed by atoms with E-state index >= 15 is 0 Å². The van der Waals surface area contributed by atoms with Crippen molar-refractivity contribution in [2.75, 3.05) is 26.2 Å². The molecule has 6 nitrogen and oxygen atoms in total. The summed E-state index contributed by atoms with van der Waals surface area (Å²) in [6.45, 7) is 11.9. The van der Waals surface area contributed by atoms with Gasteiger partial charge in [0.05, 0.1) is 10.7 Å². The van der Waals surface area contributed by atoms with Crippen molar-refractivity contribution in [2.45, 2.75) is 39.7 Å². The lowest BCUT2D eigenvalue weighted by Gasteiger charge is -2.34. The molecular formula is C19H26N4O2S. The van der Waals surface area contributed by atoms with E-state index in [1.165, 1.54) is 6.20 Å². The van der Waals surface area contributed by atoms with E-state index in [0.717, 1.165) is 30.3 Å². The third-order valence-electron chi connectivity index (χ3n) is 4.60. The summed E-state index contributed by atoms with van der Waals surface area (Å²) in [6.07, 6.45) is 3.13. The molecule has 26 heavy (non-hydrogen) atoms. The predicted octanol–water partition coefficient (Wildman–Crippen LogP) is 2.40. The molecule has 7 heteroatoms. The fourth-order valence-electron chi connectivity index (χ4n) is 2.98. The van der Waals surface area contributed by atoms with Gasteiger partial charge in [-0.25, -0.2) is 4.98 Å². The number of hydrogen-bond acceptors (Lipinski definition) is 5. The third kappa shape index (κ3) is 4.04. The van der Waals surface area contributed by atoms with Crippen molar-refractivity contribution in [3.8, 4) is 0 Å². The molecule has 1 saturated heterocycles. The van der Waals surface area contributed by atoms with Crippen molar-refractivity contribution in [1.29, 1.82) is 0 Å². The summed E-state index contributed by atoms with van der Waals surface area (Å²) in [7, 11) is 0. The molecule has 0 atom stereocenters. The SMILES string of the molecule is Cc1c[nH]cc(C(=O)N2CCN(Cc3csc(C(C)(C)C)n3)CC2)c1=O. The number of thiazole rings is 1. The number of aromatic nitrogens is 2. The number of carbonyl (C=O) groups excluding carboxylic acids is 1. The van der Waals surface area contributed by atoms with Gasteiger partial charge in [-0.05, 0) is 6.92 Å². The highest BCUT2D eigenvalue weighted by Crippen LogP contribution is 2.26. The number of amides is 1. The van der Waals surface area contributed by atoms with Crippen LogP contribution in [0.1, 0.15) is 47.4 Å². The number of aromatic amines is 1. The van der Waals surface area contributed by atoms with Crippen LogP contribution in [0.3, 0.4) is 0 Å². The van der Waals surface area contributed by atoms with Crippen LogP contribution in [0.2, 0.25) is 0 Å². The first-order valence-electron chi connectivity index (χ1n) is 8.90. The summed E-state index contributed by atoms with van der Waals surface area (Å²) in [5.74, 6) is -0.182. The number of aryl methyl sites for hydroxylation is 1. The van der Waals surface area contributed by atoms with Gasteiger partial charge in [0.2, 0.25) is 0 Å². The summed E-state index contributed by atoms with van der Waals surface area (Å²) in [6, 6.07) is 0. The van der Waals surface area contributed by atoms with Gasteiger partial charge in [0.15, 0.2) is 5.43 Å². The molecule has 1 amide bonds. The summed E-state index contributed by atoms with van der Waals surface area (Å²) in [5.41, 5.74) is 1.78. The zero-order valence-corrected chi connectivity index (χ0v) is 16.7. The molecule has 0 unspecified atom stereocenters. The van der Waals surface area contributed by atoms with Gasteiger partial charge in [-0.2, -0.15) is 0 Å². The second kappa shape index (κ2) is 7.32. The van der Waals surface area contributed by atoms with Crippen LogP contribution in [0, 0.1) is 6.92 Å². The average Bonchev–Trinajstić information content (AvgIpc) is 3.06. The van der Waals surface area contributed by atoms with E-state index in [1.54, 1.807) is 29.4 Å². The molecule has 0 spiro atoms. The zero-order chi connectivity index (χ0) is 18.9. The predicted molar refractivity (Wildman–Crippen MR) is 104 cm³/mol. The Morgan fingerprint density at radius 3 is 2.54 bits per heavy atom. The third-order valence-corrected chi connectivity index (χ3v) is 5.92. The highest BCUT2D eigenvalue weighted by molar-refractivity contribution is 7.09. The molecule has 140 valence electrons. The maximum Gasteiger partial charge on any atom is 0.259 e. The molecule has 0 bridgehead atoms. The van der Waals surface area contributed by atoms with Crippen LogP contribution in [0.5, 0.6) is 0 Å². The molecule has 0 saturated carbocycles. The largest absolute Gasteiger partial charge is 0.366 e. The van der Waals surface area contributed by atoms with E-state index in [0.29, 0.717) is 18.7 Å². The van der Waals surface area contributed by atoms with Crippen LogP contribution >= 0.6 is 11.3 Å². The fourth-order valence-corrected chi connectivity index (χ4v) is 3.88. The van der Waals surface area contributed by atoms with Crippen LogP contribution in [0.4, 0.5) is 0 Å². The maximum atomic E-state index is 12.6. The first-order valence-corrected chi connectivity index (χ1v) is 9.78. The Hall–Kier alpha value is -1.99. The standard InChI is InChI=1S/C19H26N4O2S/c1-13-9-20-10-15(16(13)24)17(25)23-7-5-22(6-8-23)11-14-12-26-18(21-14)19(2,3)4/h9-10,12H,5-8,11H2,1-4H3,(H,20,24). The Kier molecular flexibility index (Phi) is 5.29. The number of piperazine rings is 1. The van der Waals surface area contributed by atoms with Crippen LogP contribution in [-0.2, 0) is 12.0 Å². The highest BCUT2D eigenvalue weighted by Gasteiger charge is 2.25. The van der Waals surface area contributed by atoms with Crippen molar-refractivity contribution in [1.82, 2.24) is 19.8 Å². The van der Waals surface area contributed by atoms with Crippen molar-refractivity contribution < 1.29 is 4.79 Å². The molecular weight excluding hydrogens is 348 g/mol. The van der Waals surface area contributed by atoms with E-state index < -0.39 is 0 Å². The second-order valence-electron chi connectivity index (χ2n) is 7.84. The Bertz CT molecular complexity index is 842. The van der Waals surface area contributed by atoms with Crippen molar-refractivity contribution in [2.24, 2.45) is 0 Å². The lowest BCUT2D eigenvalue weighted by molar-refractivity contribution is 0.0625. The van der Waals surface area contributed by atoms with Crippen LogP contribution < -0.4 is 5.43 Å². The monoisotopic (exact) mass is 374 g/mol. The van der Waals surface area contributed by atoms with Crippen molar-refractivity contribution in [3.63, 3.8) is 0 Å². The van der Waals surface area contributed by atoms with Gasteiger partial charge in [-0.3, -0.25) is 14.5 Å². The fraction of sp³-hybridized carbons (Fsp3) is 0.526. The molecule has 1 fully saturated rings. The molecule has 3 rings (SSSR count). The molecule has 2 aromatic rings. The van der Waals surface area contributed by atoms with Crippen LogP contribution in [0.25, 0.3) is 0 Å². The second-order valence-corrected chi connectivity index (χ2v) is 8.70. The Balaban J connectivity index is 1.59. The number of H-pyrrole nitrogens is 1. The topological polar surface area (TPSA) is 69.3 Å². The molecule has 3 heterocycles. The summed E-state index contributed by atoms with van der Waals surface area (Å²) < 4.78 is 0. The number of carbonyl (C=O) groups is 1. The Morgan fingerprint density at radius 1 is 1.23 bits per heavy atom. The molecule has 0 aliphatic carbocycles. The maximum absolute atomic E-state index is 12.6. The van der Waals surface area contributed by atoms with E-state index in [9.17, 15) is 9.59 Å². The first-order chi connectivity index (χ1) is 12.3. The number of pyridine rings is 1. The van der Waals surface area contributed by atoms with Crippen LogP contribution in [0.15, 0.2) is 22.6 Å². The minimum Gasteiger partial charge on any atom is -0.366 e. The lowest BCUT2D eigenvalue weighted by Crippen LogP contribution is -2.49. The van der Waals surface area contributed by atoms with Gasteiger partial charge >= 0.3 is 0 Å². The van der Waals surface area contributed by atoms with Gasteiger partial charge in [-0.15, -0.1) is 11.3 Å². The van der Waals surface area contributed by atoms with Gasteiger partial charge in [-0.1, -0.05) is 20.8 Å². The summed E-state index contributed by atoms with van der Waals surface area (Å²) >= 11 is 1.71. The molecule has 0 aromatic carbocycles. The van der Waals surface area contributed by atoms with E-state index in [1.807, 2.05) is 0 Å². The highest BCUT2D eigenvalue weighted by atomic mass is 32.1. The number of nitrogens with zero attached hydrogens (tertiary/aromatic N) is 3. The van der Waals surface area contributed by atoms with Crippen LogP contribution in [-0.4, -0.2) is 51.9 Å². The zero-order valence-electron chi connectivity index (χ0n) is 15.8. The van der Waals surface area contributed by atoms with Gasteiger partial charge < -0.3 is 9.88 Å². The first kappa shape index (κ1) is 18.8. The quantitative estimate of drug-likeness (QED) is 0.896. The smallest absolute Gasteiger partial charge is 0.259 e. The van der Waals surface area contributed by atoms with Crippen molar-refractivity contribution in [3.05, 3.63) is 49.8 Å².